The number of amides is 2. The van der Waals surface area contributed by atoms with E-state index in [0.29, 0.717) is 17.8 Å². The maximum absolute atomic E-state index is 12.8. The Balaban J connectivity index is 1.69. The molecule has 2 amide bonds. The molecule has 0 unspecified atom stereocenters. The largest absolute Gasteiger partial charge is 0.352 e. The van der Waals surface area contributed by atoms with Crippen LogP contribution in [0, 0.1) is 0 Å². The number of nitrogens with zero attached hydrogens (tertiary/aromatic N) is 1. The zero-order chi connectivity index (χ0) is 22.3. The SMILES string of the molecule is CCNC(=O)c1ccc(S(=O)(=O)c2ccc(NC(=O)/C=C/c3cccnc3)cc2)cc1. The summed E-state index contributed by atoms with van der Waals surface area (Å²) < 4.78 is 25.7. The number of hydrogen-bond donors (Lipinski definition) is 2. The second kappa shape index (κ2) is 9.82. The zero-order valence-corrected chi connectivity index (χ0v) is 17.6. The summed E-state index contributed by atoms with van der Waals surface area (Å²) in [4.78, 5) is 28.0. The average molecular weight is 436 g/mol. The first-order valence-corrected chi connectivity index (χ1v) is 11.0. The number of anilines is 1. The molecule has 3 rings (SSSR count). The Hall–Kier alpha value is -3.78. The van der Waals surface area contributed by atoms with Gasteiger partial charge < -0.3 is 10.6 Å². The van der Waals surface area contributed by atoms with Gasteiger partial charge in [0.05, 0.1) is 9.79 Å². The van der Waals surface area contributed by atoms with Crippen molar-refractivity contribution in [1.82, 2.24) is 10.3 Å². The highest BCUT2D eigenvalue weighted by Gasteiger charge is 2.18. The number of aromatic nitrogens is 1. The molecule has 1 heterocycles. The van der Waals surface area contributed by atoms with Crippen molar-refractivity contribution in [3.05, 3.63) is 90.3 Å². The Morgan fingerprint density at radius 3 is 2.19 bits per heavy atom. The third kappa shape index (κ3) is 5.64. The van der Waals surface area contributed by atoms with Gasteiger partial charge in [0, 0.05) is 36.3 Å². The van der Waals surface area contributed by atoms with Crippen LogP contribution in [0.3, 0.4) is 0 Å². The minimum absolute atomic E-state index is 0.0803. The summed E-state index contributed by atoms with van der Waals surface area (Å²) >= 11 is 0. The van der Waals surface area contributed by atoms with E-state index >= 15 is 0 Å². The molecule has 31 heavy (non-hydrogen) atoms. The van der Waals surface area contributed by atoms with E-state index < -0.39 is 9.84 Å². The van der Waals surface area contributed by atoms with Crippen molar-refractivity contribution in [1.29, 1.82) is 0 Å². The number of sulfone groups is 1. The van der Waals surface area contributed by atoms with Crippen LogP contribution < -0.4 is 10.6 Å². The lowest BCUT2D eigenvalue weighted by Crippen LogP contribution is -2.22. The summed E-state index contributed by atoms with van der Waals surface area (Å²) in [6.07, 6.45) is 6.28. The molecule has 0 atom stereocenters. The van der Waals surface area contributed by atoms with Gasteiger partial charge in [-0.2, -0.15) is 0 Å². The van der Waals surface area contributed by atoms with Gasteiger partial charge in [-0.15, -0.1) is 0 Å². The number of rotatable bonds is 7. The van der Waals surface area contributed by atoms with Crippen LogP contribution in [0.4, 0.5) is 5.69 Å². The van der Waals surface area contributed by atoms with E-state index in [1.807, 2.05) is 6.07 Å². The highest BCUT2D eigenvalue weighted by molar-refractivity contribution is 7.91. The van der Waals surface area contributed by atoms with Crippen molar-refractivity contribution in [3.8, 4) is 0 Å². The van der Waals surface area contributed by atoms with Crippen molar-refractivity contribution in [2.45, 2.75) is 16.7 Å². The fraction of sp³-hybridized carbons (Fsp3) is 0.0870. The molecular weight excluding hydrogens is 414 g/mol. The van der Waals surface area contributed by atoms with Crippen LogP contribution in [0.25, 0.3) is 6.08 Å². The second-order valence-corrected chi connectivity index (χ2v) is 8.47. The molecule has 1 aromatic heterocycles. The molecule has 0 bridgehead atoms. The van der Waals surface area contributed by atoms with Crippen molar-refractivity contribution in [2.24, 2.45) is 0 Å². The molecule has 0 aliphatic rings. The topological polar surface area (TPSA) is 105 Å². The van der Waals surface area contributed by atoms with Crippen molar-refractivity contribution >= 4 is 33.4 Å². The van der Waals surface area contributed by atoms with Gasteiger partial charge in [0.2, 0.25) is 15.7 Å². The molecule has 2 N–H and O–H groups in total. The third-order valence-electron chi connectivity index (χ3n) is 4.31. The Kier molecular flexibility index (Phi) is 6.94. The van der Waals surface area contributed by atoms with Crippen LogP contribution in [0.1, 0.15) is 22.8 Å². The minimum Gasteiger partial charge on any atom is -0.352 e. The second-order valence-electron chi connectivity index (χ2n) is 6.52. The minimum atomic E-state index is -3.75. The maximum atomic E-state index is 12.8. The molecule has 3 aromatic rings. The number of carbonyl (C=O) groups excluding carboxylic acids is 2. The molecule has 2 aromatic carbocycles. The molecule has 0 aliphatic carbocycles. The van der Waals surface area contributed by atoms with Gasteiger partial charge in [-0.3, -0.25) is 14.6 Å². The first-order valence-electron chi connectivity index (χ1n) is 9.52. The Morgan fingerprint density at radius 1 is 0.968 bits per heavy atom. The Labute approximate surface area is 180 Å². The molecule has 0 aliphatic heterocycles. The van der Waals surface area contributed by atoms with E-state index in [9.17, 15) is 18.0 Å². The molecular formula is C23H21N3O4S. The fourth-order valence-electron chi connectivity index (χ4n) is 2.73. The van der Waals surface area contributed by atoms with Crippen LogP contribution in [0.5, 0.6) is 0 Å². The van der Waals surface area contributed by atoms with E-state index in [2.05, 4.69) is 15.6 Å². The molecule has 0 saturated heterocycles. The first-order chi connectivity index (χ1) is 14.9. The van der Waals surface area contributed by atoms with Gasteiger partial charge in [-0.25, -0.2) is 8.42 Å². The van der Waals surface area contributed by atoms with E-state index in [-0.39, 0.29) is 21.6 Å². The Morgan fingerprint density at radius 2 is 1.61 bits per heavy atom. The number of pyridine rings is 1. The van der Waals surface area contributed by atoms with Crippen LogP contribution >= 0.6 is 0 Å². The highest BCUT2D eigenvalue weighted by atomic mass is 32.2. The number of hydrogen-bond acceptors (Lipinski definition) is 5. The number of carbonyl (C=O) groups is 2. The van der Waals surface area contributed by atoms with Crippen molar-refractivity contribution in [2.75, 3.05) is 11.9 Å². The summed E-state index contributed by atoms with van der Waals surface area (Å²) in [5.74, 6) is -0.607. The van der Waals surface area contributed by atoms with Crippen LogP contribution in [0.15, 0.2) is 88.9 Å². The molecule has 0 fully saturated rings. The molecule has 7 nitrogen and oxygen atoms in total. The van der Waals surface area contributed by atoms with Crippen LogP contribution in [-0.4, -0.2) is 31.8 Å². The Bertz CT molecular complexity index is 1190. The molecule has 158 valence electrons. The fourth-order valence-corrected chi connectivity index (χ4v) is 3.99. The van der Waals surface area contributed by atoms with E-state index in [0.717, 1.165) is 5.56 Å². The van der Waals surface area contributed by atoms with E-state index in [4.69, 9.17) is 0 Å². The molecule has 8 heteroatoms. The number of nitrogens with one attached hydrogen (secondary N) is 2. The van der Waals surface area contributed by atoms with Gasteiger partial charge >= 0.3 is 0 Å². The third-order valence-corrected chi connectivity index (χ3v) is 6.09. The molecule has 0 saturated carbocycles. The van der Waals surface area contributed by atoms with E-state index in [1.54, 1.807) is 31.5 Å². The highest BCUT2D eigenvalue weighted by Crippen LogP contribution is 2.23. The predicted octanol–water partition coefficient (Wildman–Crippen LogP) is 3.32. The standard InChI is InChI=1S/C23H21N3O4S/c1-2-25-23(28)18-6-10-20(11-7-18)31(29,30)21-12-8-19(9-13-21)26-22(27)14-5-17-4-3-15-24-16-17/h3-16H,2H2,1H3,(H,25,28)(H,26,27)/b14-5+. The summed E-state index contributed by atoms with van der Waals surface area (Å²) in [5.41, 5.74) is 1.64. The van der Waals surface area contributed by atoms with Gasteiger partial charge in [0.15, 0.2) is 0 Å². The van der Waals surface area contributed by atoms with Gasteiger partial charge in [0.25, 0.3) is 5.91 Å². The first kappa shape index (κ1) is 21.9. The summed E-state index contributed by atoms with van der Waals surface area (Å²) in [7, 11) is -3.75. The lowest BCUT2D eigenvalue weighted by molar-refractivity contribution is -0.111. The van der Waals surface area contributed by atoms with Gasteiger partial charge in [-0.05, 0) is 73.2 Å². The lowest BCUT2D eigenvalue weighted by Gasteiger charge is -2.08. The quantitative estimate of drug-likeness (QED) is 0.554. The smallest absolute Gasteiger partial charge is 0.251 e. The summed E-state index contributed by atoms with van der Waals surface area (Å²) in [6.45, 7) is 2.29. The van der Waals surface area contributed by atoms with Crippen LogP contribution in [0.2, 0.25) is 0 Å². The van der Waals surface area contributed by atoms with Gasteiger partial charge in [-0.1, -0.05) is 6.07 Å². The van der Waals surface area contributed by atoms with E-state index in [1.165, 1.54) is 54.6 Å². The molecule has 0 spiro atoms. The number of benzene rings is 2. The zero-order valence-electron chi connectivity index (χ0n) is 16.8. The van der Waals surface area contributed by atoms with Crippen molar-refractivity contribution in [3.63, 3.8) is 0 Å². The summed E-state index contributed by atoms with van der Waals surface area (Å²) in [6, 6.07) is 15.2. The normalized spacial score (nSPS) is 11.3. The monoisotopic (exact) mass is 435 g/mol. The predicted molar refractivity (Wildman–Crippen MR) is 118 cm³/mol. The molecule has 0 radical (unpaired) electrons. The average Bonchev–Trinajstić information content (AvgIpc) is 2.79. The van der Waals surface area contributed by atoms with Gasteiger partial charge in [0.1, 0.15) is 0 Å². The van der Waals surface area contributed by atoms with Crippen molar-refractivity contribution < 1.29 is 18.0 Å². The summed E-state index contributed by atoms with van der Waals surface area (Å²) in [5, 5.41) is 5.34. The maximum Gasteiger partial charge on any atom is 0.251 e. The van der Waals surface area contributed by atoms with Crippen LogP contribution in [-0.2, 0) is 14.6 Å². The lowest BCUT2D eigenvalue weighted by atomic mass is 10.2.